The Kier molecular flexibility index (Phi) is 2.81. The molecule has 84 valence electrons. The Morgan fingerprint density at radius 2 is 2.31 bits per heavy atom. The van der Waals surface area contributed by atoms with Gasteiger partial charge in [-0.1, -0.05) is 6.07 Å². The van der Waals surface area contributed by atoms with Gasteiger partial charge < -0.3 is 15.5 Å². The minimum Gasteiger partial charge on any atom is -0.466 e. The maximum atomic E-state index is 11.4. The van der Waals surface area contributed by atoms with Crippen molar-refractivity contribution < 1.29 is 9.53 Å². The van der Waals surface area contributed by atoms with Crippen molar-refractivity contribution in [2.24, 2.45) is 0 Å². The van der Waals surface area contributed by atoms with Crippen LogP contribution in [0, 0.1) is 0 Å². The van der Waals surface area contributed by atoms with Crippen molar-refractivity contribution >= 4 is 22.6 Å². The van der Waals surface area contributed by atoms with Gasteiger partial charge >= 0.3 is 5.97 Å². The largest absolute Gasteiger partial charge is 0.466 e. The molecule has 0 aliphatic heterocycles. The number of nitrogens with two attached hydrogens (primary N) is 1. The Bertz CT molecular complexity index is 517. The highest BCUT2D eigenvalue weighted by atomic mass is 16.5. The van der Waals surface area contributed by atoms with Crippen LogP contribution in [0.3, 0.4) is 0 Å². The lowest BCUT2D eigenvalue weighted by atomic mass is 10.1. The van der Waals surface area contributed by atoms with Crippen molar-refractivity contribution in [3.63, 3.8) is 0 Å². The molecule has 0 radical (unpaired) electrons. The summed E-state index contributed by atoms with van der Waals surface area (Å²) in [5, 5.41) is 1.02. The molecule has 4 nitrogen and oxygen atoms in total. The van der Waals surface area contributed by atoms with Crippen molar-refractivity contribution in [1.29, 1.82) is 0 Å². The van der Waals surface area contributed by atoms with Crippen molar-refractivity contribution in [3.8, 4) is 0 Å². The van der Waals surface area contributed by atoms with Crippen LogP contribution < -0.4 is 5.73 Å². The molecule has 0 unspecified atom stereocenters. The number of benzene rings is 1. The number of esters is 1. The number of rotatable bonds is 3. The molecule has 0 aliphatic carbocycles. The van der Waals surface area contributed by atoms with Crippen molar-refractivity contribution in [1.82, 2.24) is 4.98 Å². The van der Waals surface area contributed by atoms with Gasteiger partial charge in [0.05, 0.1) is 13.0 Å². The van der Waals surface area contributed by atoms with E-state index < -0.39 is 0 Å². The summed E-state index contributed by atoms with van der Waals surface area (Å²) < 4.78 is 4.91. The monoisotopic (exact) mass is 218 g/mol. The minimum absolute atomic E-state index is 0.208. The van der Waals surface area contributed by atoms with Crippen LogP contribution in [0.2, 0.25) is 0 Å². The molecule has 0 bridgehead atoms. The van der Waals surface area contributed by atoms with Crippen LogP contribution in [0.25, 0.3) is 10.9 Å². The second kappa shape index (κ2) is 4.26. The summed E-state index contributed by atoms with van der Waals surface area (Å²) in [5.74, 6) is -0.208. The first-order valence-electron chi connectivity index (χ1n) is 5.22. The fourth-order valence-corrected chi connectivity index (χ4v) is 1.72. The normalized spacial score (nSPS) is 10.6. The molecule has 0 atom stereocenters. The quantitative estimate of drug-likeness (QED) is 0.610. The number of hydrogen-bond donors (Lipinski definition) is 2. The zero-order valence-electron chi connectivity index (χ0n) is 9.12. The number of hydrogen-bond acceptors (Lipinski definition) is 3. The maximum Gasteiger partial charge on any atom is 0.310 e. The Hall–Kier alpha value is -1.97. The van der Waals surface area contributed by atoms with Gasteiger partial charge in [-0.2, -0.15) is 0 Å². The highest BCUT2D eigenvalue weighted by Crippen LogP contribution is 2.21. The first-order chi connectivity index (χ1) is 7.70. The predicted octanol–water partition coefficient (Wildman–Crippen LogP) is 1.86. The summed E-state index contributed by atoms with van der Waals surface area (Å²) in [4.78, 5) is 14.4. The number of fused-ring (bicyclic) bond motifs is 1. The zero-order valence-corrected chi connectivity index (χ0v) is 9.12. The molecule has 1 heterocycles. The number of H-pyrrole nitrogens is 1. The summed E-state index contributed by atoms with van der Waals surface area (Å²) in [6.45, 7) is 2.21. The number of ether oxygens (including phenoxy) is 1. The third-order valence-electron chi connectivity index (χ3n) is 2.43. The molecular formula is C12H14N2O2. The fourth-order valence-electron chi connectivity index (χ4n) is 1.72. The third kappa shape index (κ3) is 2.00. The van der Waals surface area contributed by atoms with E-state index in [0.29, 0.717) is 12.3 Å². The summed E-state index contributed by atoms with van der Waals surface area (Å²) in [5.41, 5.74) is 8.26. The average Bonchev–Trinajstić information content (AvgIpc) is 2.61. The van der Waals surface area contributed by atoms with E-state index in [2.05, 4.69) is 4.98 Å². The standard InChI is InChI=1S/C12H14N2O2/c1-2-16-12(15)5-8-7-14-11-6-9(13)3-4-10(8)11/h3-4,6-7,14H,2,5,13H2,1H3. The van der Waals surface area contributed by atoms with Gasteiger partial charge in [0.1, 0.15) is 0 Å². The lowest BCUT2D eigenvalue weighted by Crippen LogP contribution is -2.06. The van der Waals surface area contributed by atoms with Crippen LogP contribution in [0.15, 0.2) is 24.4 Å². The van der Waals surface area contributed by atoms with Crippen LogP contribution in [0.5, 0.6) is 0 Å². The lowest BCUT2D eigenvalue weighted by molar-refractivity contribution is -0.142. The molecule has 3 N–H and O–H groups in total. The number of aromatic nitrogens is 1. The van der Waals surface area contributed by atoms with Gasteiger partial charge in [0, 0.05) is 22.8 Å². The number of carbonyl (C=O) groups is 1. The van der Waals surface area contributed by atoms with Crippen molar-refractivity contribution in [2.75, 3.05) is 12.3 Å². The van der Waals surface area contributed by atoms with E-state index in [0.717, 1.165) is 16.5 Å². The Labute approximate surface area is 93.4 Å². The predicted molar refractivity (Wildman–Crippen MR) is 63.0 cm³/mol. The van der Waals surface area contributed by atoms with Gasteiger partial charge in [-0.05, 0) is 24.6 Å². The van der Waals surface area contributed by atoms with Crippen molar-refractivity contribution in [2.45, 2.75) is 13.3 Å². The number of anilines is 1. The zero-order chi connectivity index (χ0) is 11.5. The van der Waals surface area contributed by atoms with Gasteiger partial charge in [-0.15, -0.1) is 0 Å². The Morgan fingerprint density at radius 3 is 3.06 bits per heavy atom. The molecule has 2 aromatic rings. The fraction of sp³-hybridized carbons (Fsp3) is 0.250. The smallest absolute Gasteiger partial charge is 0.310 e. The molecule has 0 saturated heterocycles. The van der Waals surface area contributed by atoms with E-state index in [4.69, 9.17) is 10.5 Å². The molecule has 0 fully saturated rings. The first kappa shape index (κ1) is 10.5. The van der Waals surface area contributed by atoms with Gasteiger partial charge in [-0.25, -0.2) is 0 Å². The average molecular weight is 218 g/mol. The molecule has 2 rings (SSSR count). The SMILES string of the molecule is CCOC(=O)Cc1c[nH]c2cc(N)ccc12. The van der Waals surface area contributed by atoms with E-state index in [-0.39, 0.29) is 12.4 Å². The molecule has 0 amide bonds. The first-order valence-corrected chi connectivity index (χ1v) is 5.22. The Balaban J connectivity index is 2.28. The number of carbonyl (C=O) groups excluding carboxylic acids is 1. The highest BCUT2D eigenvalue weighted by molar-refractivity contribution is 5.89. The molecule has 1 aromatic carbocycles. The third-order valence-corrected chi connectivity index (χ3v) is 2.43. The van der Waals surface area contributed by atoms with Gasteiger partial charge in [0.15, 0.2) is 0 Å². The Morgan fingerprint density at radius 1 is 1.50 bits per heavy atom. The molecular weight excluding hydrogens is 204 g/mol. The van der Waals surface area contributed by atoms with Crippen LogP contribution in [-0.4, -0.2) is 17.6 Å². The molecule has 0 spiro atoms. The van der Waals surface area contributed by atoms with Gasteiger partial charge in [0.25, 0.3) is 0 Å². The summed E-state index contributed by atoms with van der Waals surface area (Å²) in [6.07, 6.45) is 2.11. The van der Waals surface area contributed by atoms with Crippen molar-refractivity contribution in [3.05, 3.63) is 30.0 Å². The van der Waals surface area contributed by atoms with E-state index >= 15 is 0 Å². The maximum absolute atomic E-state index is 11.4. The van der Waals surface area contributed by atoms with E-state index in [9.17, 15) is 4.79 Å². The molecule has 4 heteroatoms. The number of nitrogen functional groups attached to an aromatic ring is 1. The van der Waals surface area contributed by atoms with Gasteiger partial charge in [-0.3, -0.25) is 4.79 Å². The second-order valence-electron chi connectivity index (χ2n) is 3.60. The van der Waals surface area contributed by atoms with E-state index in [1.54, 1.807) is 6.92 Å². The van der Waals surface area contributed by atoms with E-state index in [1.165, 1.54) is 0 Å². The molecule has 0 saturated carbocycles. The number of aromatic amines is 1. The van der Waals surface area contributed by atoms with Crippen LogP contribution in [0.1, 0.15) is 12.5 Å². The molecule has 0 aliphatic rings. The van der Waals surface area contributed by atoms with E-state index in [1.807, 2.05) is 24.4 Å². The van der Waals surface area contributed by atoms with Crippen LogP contribution >= 0.6 is 0 Å². The lowest BCUT2D eigenvalue weighted by Gasteiger charge is -2.00. The summed E-state index contributed by atoms with van der Waals surface area (Å²) in [7, 11) is 0. The molecule has 16 heavy (non-hydrogen) atoms. The van der Waals surface area contributed by atoms with Crippen LogP contribution in [-0.2, 0) is 16.0 Å². The van der Waals surface area contributed by atoms with Gasteiger partial charge in [0.2, 0.25) is 0 Å². The minimum atomic E-state index is -0.208. The van der Waals surface area contributed by atoms with Crippen LogP contribution in [0.4, 0.5) is 5.69 Å². The topological polar surface area (TPSA) is 68.1 Å². The second-order valence-corrected chi connectivity index (χ2v) is 3.60. The summed E-state index contributed by atoms with van der Waals surface area (Å²) in [6, 6.07) is 5.59. The number of nitrogens with one attached hydrogen (secondary N) is 1. The summed E-state index contributed by atoms with van der Waals surface area (Å²) >= 11 is 0. The molecule has 1 aromatic heterocycles. The highest BCUT2D eigenvalue weighted by Gasteiger charge is 2.09.